The zero-order valence-electron chi connectivity index (χ0n) is 8.99. The maximum Gasteiger partial charge on any atom is 0.146 e. The molecule has 4 heteroatoms. The summed E-state index contributed by atoms with van der Waals surface area (Å²) in [5, 5.41) is 0.403. The third-order valence-corrected chi connectivity index (χ3v) is 2.66. The summed E-state index contributed by atoms with van der Waals surface area (Å²) in [6.45, 7) is 0.208. The van der Waals surface area contributed by atoms with Gasteiger partial charge in [0.25, 0.3) is 0 Å². The molecule has 2 N–H and O–H groups in total. The van der Waals surface area contributed by atoms with E-state index < -0.39 is 5.82 Å². The van der Waals surface area contributed by atoms with Crippen LogP contribution in [0.15, 0.2) is 42.5 Å². The SMILES string of the molecule is Nc1cc(Cl)c(COc2ccccc2)cc1F. The van der Waals surface area contributed by atoms with Gasteiger partial charge in [-0.3, -0.25) is 0 Å². The molecular weight excluding hydrogens is 241 g/mol. The number of hydrogen-bond donors (Lipinski definition) is 1. The molecule has 0 atom stereocenters. The summed E-state index contributed by atoms with van der Waals surface area (Å²) < 4.78 is 18.7. The molecule has 0 saturated heterocycles. The second kappa shape index (κ2) is 5.06. The van der Waals surface area contributed by atoms with E-state index in [0.717, 1.165) is 0 Å². The van der Waals surface area contributed by atoms with Gasteiger partial charge in [-0.25, -0.2) is 4.39 Å². The first kappa shape index (κ1) is 11.7. The summed E-state index contributed by atoms with van der Waals surface area (Å²) in [5.41, 5.74) is 6.01. The number of benzene rings is 2. The van der Waals surface area contributed by atoms with Gasteiger partial charge in [0.15, 0.2) is 0 Å². The topological polar surface area (TPSA) is 35.2 Å². The van der Waals surface area contributed by atoms with Gasteiger partial charge < -0.3 is 10.5 Å². The lowest BCUT2D eigenvalue weighted by atomic mass is 10.2. The van der Waals surface area contributed by atoms with E-state index in [1.54, 1.807) is 0 Å². The third-order valence-electron chi connectivity index (χ3n) is 2.30. The molecule has 2 aromatic carbocycles. The van der Waals surface area contributed by atoms with Gasteiger partial charge in [0.2, 0.25) is 0 Å². The molecule has 2 rings (SSSR count). The van der Waals surface area contributed by atoms with Crippen molar-refractivity contribution in [3.63, 3.8) is 0 Å². The molecule has 0 fully saturated rings. The third kappa shape index (κ3) is 2.88. The van der Waals surface area contributed by atoms with Gasteiger partial charge in [-0.15, -0.1) is 0 Å². The number of anilines is 1. The van der Waals surface area contributed by atoms with E-state index in [0.29, 0.717) is 16.3 Å². The second-order valence-electron chi connectivity index (χ2n) is 3.57. The number of nitrogen functional groups attached to an aromatic ring is 1. The Morgan fingerprint density at radius 3 is 2.59 bits per heavy atom. The van der Waals surface area contributed by atoms with Crippen LogP contribution in [0.5, 0.6) is 5.75 Å². The molecule has 0 radical (unpaired) electrons. The normalized spacial score (nSPS) is 10.2. The van der Waals surface area contributed by atoms with Crippen molar-refractivity contribution in [1.82, 2.24) is 0 Å². The maximum absolute atomic E-state index is 13.2. The molecule has 0 spiro atoms. The zero-order valence-corrected chi connectivity index (χ0v) is 9.75. The van der Waals surface area contributed by atoms with Crippen LogP contribution in [-0.4, -0.2) is 0 Å². The maximum atomic E-state index is 13.2. The Hall–Kier alpha value is -1.74. The Morgan fingerprint density at radius 1 is 1.18 bits per heavy atom. The highest BCUT2D eigenvalue weighted by molar-refractivity contribution is 6.31. The van der Waals surface area contributed by atoms with E-state index in [2.05, 4.69) is 0 Å². The van der Waals surface area contributed by atoms with Crippen LogP contribution in [0, 0.1) is 5.82 Å². The van der Waals surface area contributed by atoms with Crippen LogP contribution in [0.2, 0.25) is 5.02 Å². The van der Waals surface area contributed by atoms with Crippen LogP contribution >= 0.6 is 11.6 Å². The minimum Gasteiger partial charge on any atom is -0.489 e. The van der Waals surface area contributed by atoms with Crippen molar-refractivity contribution in [3.8, 4) is 5.75 Å². The Labute approximate surface area is 104 Å². The van der Waals surface area contributed by atoms with Crippen LogP contribution in [0.4, 0.5) is 10.1 Å². The molecule has 17 heavy (non-hydrogen) atoms. The molecule has 2 aromatic rings. The van der Waals surface area contributed by atoms with Crippen molar-refractivity contribution < 1.29 is 9.13 Å². The smallest absolute Gasteiger partial charge is 0.146 e. The predicted molar refractivity (Wildman–Crippen MR) is 66.6 cm³/mol. The summed E-state index contributed by atoms with van der Waals surface area (Å²) in [6.07, 6.45) is 0. The molecule has 0 saturated carbocycles. The summed E-state index contributed by atoms with van der Waals surface area (Å²) in [5.74, 6) is 0.224. The van der Waals surface area contributed by atoms with Crippen molar-refractivity contribution in [2.75, 3.05) is 5.73 Å². The average molecular weight is 252 g/mol. The summed E-state index contributed by atoms with van der Waals surface area (Å²) in [7, 11) is 0. The van der Waals surface area contributed by atoms with E-state index in [1.807, 2.05) is 30.3 Å². The Balaban J connectivity index is 2.12. The molecule has 88 valence electrons. The standard InChI is InChI=1S/C13H11ClFNO/c14-11-7-13(16)12(15)6-9(11)8-17-10-4-2-1-3-5-10/h1-7H,8,16H2. The van der Waals surface area contributed by atoms with Gasteiger partial charge in [-0.2, -0.15) is 0 Å². The minimum atomic E-state index is -0.485. The predicted octanol–water partition coefficient (Wildman–Crippen LogP) is 3.64. The number of halogens is 2. The first-order valence-corrected chi connectivity index (χ1v) is 5.46. The largest absolute Gasteiger partial charge is 0.489 e. The molecule has 0 bridgehead atoms. The quantitative estimate of drug-likeness (QED) is 0.846. The van der Waals surface area contributed by atoms with Gasteiger partial charge in [0.05, 0.1) is 5.69 Å². The van der Waals surface area contributed by atoms with Crippen LogP contribution in [0.3, 0.4) is 0 Å². The van der Waals surface area contributed by atoms with E-state index >= 15 is 0 Å². The fraction of sp³-hybridized carbons (Fsp3) is 0.0769. The lowest BCUT2D eigenvalue weighted by Crippen LogP contribution is -1.99. The lowest BCUT2D eigenvalue weighted by molar-refractivity contribution is 0.305. The van der Waals surface area contributed by atoms with Crippen LogP contribution in [0.25, 0.3) is 0 Å². The average Bonchev–Trinajstić information content (AvgIpc) is 2.33. The van der Waals surface area contributed by atoms with Crippen molar-refractivity contribution >= 4 is 17.3 Å². The Bertz CT molecular complexity index is 516. The second-order valence-corrected chi connectivity index (χ2v) is 3.97. The highest BCUT2D eigenvalue weighted by Crippen LogP contribution is 2.23. The molecule has 0 amide bonds. The zero-order chi connectivity index (χ0) is 12.3. The van der Waals surface area contributed by atoms with Gasteiger partial charge >= 0.3 is 0 Å². The van der Waals surface area contributed by atoms with Crippen molar-refractivity contribution in [1.29, 1.82) is 0 Å². The molecular formula is C13H11ClFNO. The molecule has 0 heterocycles. The van der Waals surface area contributed by atoms with Gasteiger partial charge in [0, 0.05) is 10.6 Å². The van der Waals surface area contributed by atoms with Crippen molar-refractivity contribution in [2.45, 2.75) is 6.61 Å². The van der Waals surface area contributed by atoms with Gasteiger partial charge in [0.1, 0.15) is 18.2 Å². The van der Waals surface area contributed by atoms with Gasteiger partial charge in [-0.05, 0) is 24.3 Å². The number of rotatable bonds is 3. The Kier molecular flexibility index (Phi) is 3.49. The number of ether oxygens (including phenoxy) is 1. The van der Waals surface area contributed by atoms with Crippen molar-refractivity contribution in [3.05, 3.63) is 58.9 Å². The fourth-order valence-electron chi connectivity index (χ4n) is 1.39. The number of para-hydroxylation sites is 1. The van der Waals surface area contributed by atoms with Crippen LogP contribution in [0.1, 0.15) is 5.56 Å². The number of nitrogens with two attached hydrogens (primary N) is 1. The van der Waals surface area contributed by atoms with E-state index in [1.165, 1.54) is 12.1 Å². The van der Waals surface area contributed by atoms with E-state index in [-0.39, 0.29) is 12.3 Å². The lowest BCUT2D eigenvalue weighted by Gasteiger charge is -2.08. The molecule has 2 nitrogen and oxygen atoms in total. The molecule has 0 aliphatic carbocycles. The summed E-state index contributed by atoms with van der Waals surface area (Å²) in [6, 6.07) is 11.9. The van der Waals surface area contributed by atoms with Crippen LogP contribution < -0.4 is 10.5 Å². The fourth-order valence-corrected chi connectivity index (χ4v) is 1.62. The molecule has 0 aromatic heterocycles. The molecule has 0 aliphatic heterocycles. The highest BCUT2D eigenvalue weighted by Gasteiger charge is 2.07. The first-order valence-electron chi connectivity index (χ1n) is 5.08. The van der Waals surface area contributed by atoms with E-state index in [9.17, 15) is 4.39 Å². The Morgan fingerprint density at radius 2 is 1.88 bits per heavy atom. The highest BCUT2D eigenvalue weighted by atomic mass is 35.5. The summed E-state index contributed by atoms with van der Waals surface area (Å²) in [4.78, 5) is 0. The first-order chi connectivity index (χ1) is 8.16. The monoisotopic (exact) mass is 251 g/mol. The summed E-state index contributed by atoms with van der Waals surface area (Å²) >= 11 is 5.94. The molecule has 0 aliphatic rings. The van der Waals surface area contributed by atoms with Crippen LogP contribution in [-0.2, 0) is 6.61 Å². The minimum absolute atomic E-state index is 0.0402. The van der Waals surface area contributed by atoms with Gasteiger partial charge in [-0.1, -0.05) is 29.8 Å². The van der Waals surface area contributed by atoms with Crippen molar-refractivity contribution in [2.24, 2.45) is 0 Å². The molecule has 0 unspecified atom stereocenters. The van der Waals surface area contributed by atoms with E-state index in [4.69, 9.17) is 22.1 Å². The number of hydrogen-bond acceptors (Lipinski definition) is 2.